The average Bonchev–Trinajstić information content (AvgIpc) is 3.34. The summed E-state index contributed by atoms with van der Waals surface area (Å²) in [7, 11) is 0. The van der Waals surface area contributed by atoms with Gasteiger partial charge in [0.2, 0.25) is 6.79 Å². The van der Waals surface area contributed by atoms with Gasteiger partial charge in [0.15, 0.2) is 16.6 Å². The van der Waals surface area contributed by atoms with Crippen LogP contribution in [-0.4, -0.2) is 36.1 Å². The molecule has 1 atom stereocenters. The minimum absolute atomic E-state index is 0.212. The first kappa shape index (κ1) is 18.5. The maximum atomic E-state index is 5.83. The molecule has 2 aromatic rings. The standard InChI is InChI=1S/C20H21BrN2O3S/c21-15-4-6-16(7-5-15)22-20(27)23(12-17-2-1-9-24-17)11-14-3-8-18-19(10-14)26-13-25-18/h3-8,10,17H,1-2,9,11-13H2,(H,22,27). The smallest absolute Gasteiger partial charge is 0.231 e. The maximum absolute atomic E-state index is 5.83. The molecule has 7 heteroatoms. The molecule has 1 unspecified atom stereocenters. The number of halogens is 1. The van der Waals surface area contributed by atoms with Crippen LogP contribution >= 0.6 is 28.1 Å². The van der Waals surface area contributed by atoms with E-state index in [1.54, 1.807) is 0 Å². The fourth-order valence-electron chi connectivity index (χ4n) is 3.25. The second-order valence-corrected chi connectivity index (χ2v) is 7.94. The van der Waals surface area contributed by atoms with Crippen LogP contribution in [0.1, 0.15) is 18.4 Å². The van der Waals surface area contributed by atoms with Crippen molar-refractivity contribution in [2.75, 3.05) is 25.3 Å². The molecular formula is C20H21BrN2O3S. The number of anilines is 1. The Balaban J connectivity index is 1.48. The summed E-state index contributed by atoms with van der Waals surface area (Å²) < 4.78 is 17.8. The van der Waals surface area contributed by atoms with Crippen molar-refractivity contribution in [1.29, 1.82) is 0 Å². The second-order valence-electron chi connectivity index (χ2n) is 6.64. The van der Waals surface area contributed by atoms with E-state index < -0.39 is 0 Å². The Hall–Kier alpha value is -1.83. The molecule has 5 nitrogen and oxygen atoms in total. The first-order valence-electron chi connectivity index (χ1n) is 8.99. The predicted octanol–water partition coefficient (Wildman–Crippen LogP) is 4.56. The highest BCUT2D eigenvalue weighted by atomic mass is 79.9. The molecule has 27 heavy (non-hydrogen) atoms. The molecule has 1 N–H and O–H groups in total. The molecule has 0 spiro atoms. The molecule has 4 rings (SSSR count). The van der Waals surface area contributed by atoms with Crippen LogP contribution in [0.5, 0.6) is 11.5 Å². The molecule has 1 fully saturated rings. The van der Waals surface area contributed by atoms with E-state index in [-0.39, 0.29) is 12.9 Å². The highest BCUT2D eigenvalue weighted by molar-refractivity contribution is 9.10. The largest absolute Gasteiger partial charge is 0.454 e. The van der Waals surface area contributed by atoms with Gasteiger partial charge >= 0.3 is 0 Å². The molecule has 2 aliphatic heterocycles. The summed E-state index contributed by atoms with van der Waals surface area (Å²) >= 11 is 9.17. The molecule has 0 bridgehead atoms. The van der Waals surface area contributed by atoms with Gasteiger partial charge in [-0.1, -0.05) is 22.0 Å². The normalized spacial score (nSPS) is 17.7. The van der Waals surface area contributed by atoms with Gasteiger partial charge in [-0.25, -0.2) is 0 Å². The minimum atomic E-state index is 0.212. The van der Waals surface area contributed by atoms with E-state index in [4.69, 9.17) is 26.4 Å². The van der Waals surface area contributed by atoms with Gasteiger partial charge in [-0.15, -0.1) is 0 Å². The highest BCUT2D eigenvalue weighted by Gasteiger charge is 2.22. The molecule has 0 saturated carbocycles. The number of fused-ring (bicyclic) bond motifs is 1. The summed E-state index contributed by atoms with van der Waals surface area (Å²) in [5.74, 6) is 1.58. The Morgan fingerprint density at radius 2 is 1.96 bits per heavy atom. The van der Waals surface area contributed by atoms with Crippen molar-refractivity contribution in [2.24, 2.45) is 0 Å². The number of hydrogen-bond donors (Lipinski definition) is 1. The third-order valence-corrected chi connectivity index (χ3v) is 5.53. The van der Waals surface area contributed by atoms with E-state index in [0.29, 0.717) is 11.7 Å². The van der Waals surface area contributed by atoms with Gasteiger partial charge in [0.25, 0.3) is 0 Å². The van der Waals surface area contributed by atoms with Crippen molar-refractivity contribution < 1.29 is 14.2 Å². The number of benzene rings is 2. The molecule has 0 aromatic heterocycles. The Bertz CT molecular complexity index is 809. The van der Waals surface area contributed by atoms with Crippen LogP contribution in [0.2, 0.25) is 0 Å². The fraction of sp³-hybridized carbons (Fsp3) is 0.350. The number of nitrogens with zero attached hydrogens (tertiary/aromatic N) is 1. The van der Waals surface area contributed by atoms with Gasteiger partial charge < -0.3 is 24.4 Å². The molecule has 2 aliphatic rings. The summed E-state index contributed by atoms with van der Waals surface area (Å²) in [4.78, 5) is 2.16. The third-order valence-electron chi connectivity index (χ3n) is 4.64. The molecule has 142 valence electrons. The van der Waals surface area contributed by atoms with Crippen molar-refractivity contribution >= 4 is 38.9 Å². The Morgan fingerprint density at radius 3 is 2.74 bits per heavy atom. The number of hydrogen-bond acceptors (Lipinski definition) is 4. The Labute approximate surface area is 172 Å². The van der Waals surface area contributed by atoms with Gasteiger partial charge in [-0.05, 0) is 67.0 Å². The van der Waals surface area contributed by atoms with E-state index in [1.807, 2.05) is 36.4 Å². The van der Waals surface area contributed by atoms with Crippen molar-refractivity contribution in [3.8, 4) is 11.5 Å². The van der Waals surface area contributed by atoms with Gasteiger partial charge in [0, 0.05) is 29.9 Å². The van der Waals surface area contributed by atoms with E-state index >= 15 is 0 Å². The average molecular weight is 449 g/mol. The molecule has 0 radical (unpaired) electrons. The summed E-state index contributed by atoms with van der Waals surface area (Å²) in [5, 5.41) is 4.03. The Kier molecular flexibility index (Phi) is 5.80. The number of ether oxygens (including phenoxy) is 3. The Morgan fingerprint density at radius 1 is 1.15 bits per heavy atom. The fourth-order valence-corrected chi connectivity index (χ4v) is 3.77. The molecular weight excluding hydrogens is 428 g/mol. The number of nitrogens with one attached hydrogen (secondary N) is 1. The van der Waals surface area contributed by atoms with Crippen LogP contribution in [0.15, 0.2) is 46.9 Å². The van der Waals surface area contributed by atoms with Crippen molar-refractivity contribution in [3.05, 3.63) is 52.5 Å². The zero-order chi connectivity index (χ0) is 18.6. The molecule has 0 aliphatic carbocycles. The topological polar surface area (TPSA) is 43.0 Å². The van der Waals surface area contributed by atoms with Crippen LogP contribution in [-0.2, 0) is 11.3 Å². The lowest BCUT2D eigenvalue weighted by Gasteiger charge is -2.28. The third kappa shape index (κ3) is 4.72. The summed E-state index contributed by atoms with van der Waals surface area (Å²) in [6.45, 7) is 2.55. The van der Waals surface area contributed by atoms with E-state index in [1.165, 1.54) is 0 Å². The zero-order valence-corrected chi connectivity index (χ0v) is 17.2. The van der Waals surface area contributed by atoms with Crippen molar-refractivity contribution in [3.63, 3.8) is 0 Å². The first-order valence-corrected chi connectivity index (χ1v) is 10.2. The number of rotatable bonds is 5. The zero-order valence-electron chi connectivity index (χ0n) is 14.8. The summed E-state index contributed by atoms with van der Waals surface area (Å²) in [6.07, 6.45) is 2.39. The number of thiocarbonyl (C=S) groups is 1. The minimum Gasteiger partial charge on any atom is -0.454 e. The van der Waals surface area contributed by atoms with Gasteiger partial charge in [-0.2, -0.15) is 0 Å². The van der Waals surface area contributed by atoms with E-state index in [2.05, 4.69) is 32.2 Å². The van der Waals surface area contributed by atoms with E-state index in [9.17, 15) is 0 Å². The van der Waals surface area contributed by atoms with Gasteiger partial charge in [0.05, 0.1) is 6.10 Å². The first-order chi connectivity index (χ1) is 13.2. The van der Waals surface area contributed by atoms with Crippen LogP contribution in [0.25, 0.3) is 0 Å². The van der Waals surface area contributed by atoms with Crippen molar-refractivity contribution in [2.45, 2.75) is 25.5 Å². The van der Waals surface area contributed by atoms with Crippen LogP contribution in [0.3, 0.4) is 0 Å². The van der Waals surface area contributed by atoms with Crippen molar-refractivity contribution in [1.82, 2.24) is 4.90 Å². The molecule has 1 saturated heterocycles. The van der Waals surface area contributed by atoms with Crippen LogP contribution in [0, 0.1) is 0 Å². The quantitative estimate of drug-likeness (QED) is 0.676. The monoisotopic (exact) mass is 448 g/mol. The molecule has 0 amide bonds. The predicted molar refractivity (Wildman–Crippen MR) is 112 cm³/mol. The van der Waals surface area contributed by atoms with Crippen LogP contribution < -0.4 is 14.8 Å². The lowest BCUT2D eigenvalue weighted by atomic mass is 10.1. The van der Waals surface area contributed by atoms with Gasteiger partial charge in [-0.3, -0.25) is 0 Å². The lowest BCUT2D eigenvalue weighted by Crippen LogP contribution is -2.39. The summed E-state index contributed by atoms with van der Waals surface area (Å²) in [6, 6.07) is 14.0. The summed E-state index contributed by atoms with van der Waals surface area (Å²) in [5.41, 5.74) is 2.09. The lowest BCUT2D eigenvalue weighted by molar-refractivity contribution is 0.0905. The van der Waals surface area contributed by atoms with Crippen LogP contribution in [0.4, 0.5) is 5.69 Å². The molecule has 2 aromatic carbocycles. The molecule has 2 heterocycles. The maximum Gasteiger partial charge on any atom is 0.231 e. The van der Waals surface area contributed by atoms with E-state index in [0.717, 1.165) is 53.2 Å². The second kappa shape index (κ2) is 8.46. The highest BCUT2D eigenvalue weighted by Crippen LogP contribution is 2.33. The van der Waals surface area contributed by atoms with Gasteiger partial charge in [0.1, 0.15) is 0 Å². The SMILES string of the molecule is S=C(Nc1ccc(Br)cc1)N(Cc1ccc2c(c1)OCO2)CC1CCCO1.